The van der Waals surface area contributed by atoms with Gasteiger partial charge in [0.1, 0.15) is 5.75 Å². The fourth-order valence-electron chi connectivity index (χ4n) is 3.06. The summed E-state index contributed by atoms with van der Waals surface area (Å²) in [5.41, 5.74) is 2.57. The van der Waals surface area contributed by atoms with E-state index >= 15 is 0 Å². The zero-order chi connectivity index (χ0) is 20.1. The number of ether oxygens (including phenoxy) is 1. The van der Waals surface area contributed by atoms with E-state index in [2.05, 4.69) is 12.2 Å². The smallest absolute Gasteiger partial charge is 0.255 e. The van der Waals surface area contributed by atoms with Crippen molar-refractivity contribution in [3.63, 3.8) is 0 Å². The van der Waals surface area contributed by atoms with Gasteiger partial charge < -0.3 is 10.1 Å². The van der Waals surface area contributed by atoms with Gasteiger partial charge in [-0.05, 0) is 61.7 Å². The number of amides is 1. The maximum Gasteiger partial charge on any atom is 0.255 e. The molecule has 150 valence electrons. The maximum absolute atomic E-state index is 12.6. The summed E-state index contributed by atoms with van der Waals surface area (Å²) in [7, 11) is -3.26. The number of carbonyl (C=O) groups is 1. The van der Waals surface area contributed by atoms with Gasteiger partial charge in [-0.3, -0.25) is 9.10 Å². The summed E-state index contributed by atoms with van der Waals surface area (Å²) < 4.78 is 31.3. The average molecular weight is 403 g/mol. The van der Waals surface area contributed by atoms with Crippen LogP contribution in [0.2, 0.25) is 0 Å². The average Bonchev–Trinajstić information content (AvgIpc) is 3.03. The molecule has 0 aliphatic carbocycles. The fourth-order valence-corrected chi connectivity index (χ4v) is 4.62. The number of nitrogens with zero attached hydrogens (tertiary/aromatic N) is 1. The van der Waals surface area contributed by atoms with E-state index in [1.807, 2.05) is 13.0 Å². The molecule has 6 nitrogen and oxygen atoms in total. The second-order valence-electron chi connectivity index (χ2n) is 6.92. The Morgan fingerprint density at radius 2 is 1.93 bits per heavy atom. The maximum atomic E-state index is 12.6. The second-order valence-corrected chi connectivity index (χ2v) is 8.93. The van der Waals surface area contributed by atoms with Gasteiger partial charge in [0.25, 0.3) is 5.91 Å². The molecule has 1 N–H and O–H groups in total. The predicted octanol–water partition coefficient (Wildman–Crippen LogP) is 3.97. The Morgan fingerprint density at radius 1 is 1.18 bits per heavy atom. The van der Waals surface area contributed by atoms with Gasteiger partial charge in [0.05, 0.1) is 18.0 Å². The van der Waals surface area contributed by atoms with Crippen molar-refractivity contribution >= 4 is 27.3 Å². The van der Waals surface area contributed by atoms with Gasteiger partial charge in [-0.1, -0.05) is 19.4 Å². The molecule has 0 aromatic heterocycles. The van der Waals surface area contributed by atoms with Crippen LogP contribution in [0.5, 0.6) is 5.75 Å². The highest BCUT2D eigenvalue weighted by molar-refractivity contribution is 7.93. The zero-order valence-electron chi connectivity index (χ0n) is 16.3. The summed E-state index contributed by atoms with van der Waals surface area (Å²) >= 11 is 0. The SMILES string of the molecule is CCCCOc1ccc(C(=O)Nc2cc(N3CCCS3(=O)=O)ccc2C)cc1. The van der Waals surface area contributed by atoms with Gasteiger partial charge in [-0.25, -0.2) is 8.42 Å². The number of hydrogen-bond donors (Lipinski definition) is 1. The van der Waals surface area contributed by atoms with E-state index in [4.69, 9.17) is 4.74 Å². The molecule has 28 heavy (non-hydrogen) atoms. The van der Waals surface area contributed by atoms with Crippen molar-refractivity contribution in [2.45, 2.75) is 33.1 Å². The van der Waals surface area contributed by atoms with Crippen LogP contribution in [-0.4, -0.2) is 33.2 Å². The van der Waals surface area contributed by atoms with Gasteiger partial charge in [-0.2, -0.15) is 0 Å². The lowest BCUT2D eigenvalue weighted by Gasteiger charge is -2.19. The summed E-state index contributed by atoms with van der Waals surface area (Å²) in [6.07, 6.45) is 2.67. The van der Waals surface area contributed by atoms with Crippen LogP contribution in [0.4, 0.5) is 11.4 Å². The van der Waals surface area contributed by atoms with E-state index in [1.54, 1.807) is 36.4 Å². The van der Waals surface area contributed by atoms with Crippen molar-refractivity contribution in [3.8, 4) is 5.75 Å². The standard InChI is InChI=1S/C21H26N2O4S/c1-3-4-13-27-19-10-7-17(8-11-19)21(24)22-20-15-18(9-6-16(20)2)23-12-5-14-28(23,25)26/h6-11,15H,3-5,12-14H2,1-2H3,(H,22,24). The second kappa shape index (κ2) is 8.65. The molecule has 3 rings (SSSR count). The lowest BCUT2D eigenvalue weighted by molar-refractivity contribution is 0.102. The van der Waals surface area contributed by atoms with Gasteiger partial charge in [-0.15, -0.1) is 0 Å². The van der Waals surface area contributed by atoms with E-state index in [0.717, 1.165) is 24.2 Å². The Balaban J connectivity index is 1.72. The highest BCUT2D eigenvalue weighted by Gasteiger charge is 2.28. The van der Waals surface area contributed by atoms with Crippen molar-refractivity contribution in [2.24, 2.45) is 0 Å². The molecule has 0 unspecified atom stereocenters. The van der Waals surface area contributed by atoms with Crippen LogP contribution in [0.1, 0.15) is 42.1 Å². The molecule has 1 aliphatic heterocycles. The van der Waals surface area contributed by atoms with Crippen LogP contribution in [0, 0.1) is 6.92 Å². The lowest BCUT2D eigenvalue weighted by Crippen LogP contribution is -2.25. The number of aryl methyl sites for hydroxylation is 1. The molecule has 0 radical (unpaired) electrons. The molecular formula is C21H26N2O4S. The molecule has 1 fully saturated rings. The Labute approximate surface area is 166 Å². The van der Waals surface area contributed by atoms with E-state index in [-0.39, 0.29) is 11.7 Å². The third-order valence-corrected chi connectivity index (χ3v) is 6.61. The van der Waals surface area contributed by atoms with Crippen LogP contribution < -0.4 is 14.4 Å². The molecule has 0 spiro atoms. The number of hydrogen-bond acceptors (Lipinski definition) is 4. The van der Waals surface area contributed by atoms with E-state index in [0.29, 0.717) is 36.5 Å². The molecule has 2 aromatic rings. The Hall–Kier alpha value is -2.54. The minimum atomic E-state index is -3.26. The minimum absolute atomic E-state index is 0.162. The van der Waals surface area contributed by atoms with Crippen molar-refractivity contribution < 1.29 is 17.9 Å². The number of unbranched alkanes of at least 4 members (excludes halogenated alkanes) is 1. The molecule has 1 aliphatic rings. The molecular weight excluding hydrogens is 376 g/mol. The summed E-state index contributed by atoms with van der Waals surface area (Å²) in [5, 5.41) is 2.89. The zero-order valence-corrected chi connectivity index (χ0v) is 17.1. The van der Waals surface area contributed by atoms with Crippen molar-refractivity contribution in [3.05, 3.63) is 53.6 Å². The third kappa shape index (κ3) is 4.65. The number of benzene rings is 2. The quantitative estimate of drug-likeness (QED) is 0.711. The van der Waals surface area contributed by atoms with E-state index < -0.39 is 10.0 Å². The molecule has 2 aromatic carbocycles. The number of sulfonamides is 1. The third-order valence-electron chi connectivity index (χ3n) is 4.74. The van der Waals surface area contributed by atoms with Crippen molar-refractivity contribution in [2.75, 3.05) is 28.5 Å². The van der Waals surface area contributed by atoms with Crippen LogP contribution in [0.3, 0.4) is 0 Å². The molecule has 1 saturated heterocycles. The number of nitrogens with one attached hydrogen (secondary N) is 1. The van der Waals surface area contributed by atoms with Gasteiger partial charge in [0.2, 0.25) is 10.0 Å². The Kier molecular flexibility index (Phi) is 6.24. The van der Waals surface area contributed by atoms with Crippen LogP contribution in [-0.2, 0) is 10.0 Å². The van der Waals surface area contributed by atoms with Gasteiger partial charge >= 0.3 is 0 Å². The summed E-state index contributed by atoms with van der Waals surface area (Å²) in [6.45, 7) is 5.11. The summed E-state index contributed by atoms with van der Waals surface area (Å²) in [5.74, 6) is 0.655. The highest BCUT2D eigenvalue weighted by atomic mass is 32.2. The first-order valence-corrected chi connectivity index (χ1v) is 11.2. The molecule has 1 heterocycles. The van der Waals surface area contributed by atoms with Crippen molar-refractivity contribution in [1.29, 1.82) is 0 Å². The van der Waals surface area contributed by atoms with E-state index in [9.17, 15) is 13.2 Å². The van der Waals surface area contributed by atoms with Crippen molar-refractivity contribution in [1.82, 2.24) is 0 Å². The molecule has 0 atom stereocenters. The predicted molar refractivity (Wildman–Crippen MR) is 112 cm³/mol. The fraction of sp³-hybridized carbons (Fsp3) is 0.381. The largest absolute Gasteiger partial charge is 0.494 e. The molecule has 0 bridgehead atoms. The van der Waals surface area contributed by atoms with Crippen LogP contribution in [0.25, 0.3) is 0 Å². The first-order valence-electron chi connectivity index (χ1n) is 9.56. The molecule has 0 saturated carbocycles. The van der Waals surface area contributed by atoms with Crippen LogP contribution in [0.15, 0.2) is 42.5 Å². The van der Waals surface area contributed by atoms with E-state index in [1.165, 1.54) is 4.31 Å². The number of anilines is 2. The van der Waals surface area contributed by atoms with Gasteiger partial charge in [0, 0.05) is 17.8 Å². The first kappa shape index (κ1) is 20.2. The molecule has 1 amide bonds. The lowest BCUT2D eigenvalue weighted by atomic mass is 10.1. The normalized spacial score (nSPS) is 15.4. The topological polar surface area (TPSA) is 75.7 Å². The Morgan fingerprint density at radius 3 is 2.57 bits per heavy atom. The number of carbonyl (C=O) groups excluding carboxylic acids is 1. The van der Waals surface area contributed by atoms with Gasteiger partial charge in [0.15, 0.2) is 0 Å². The first-order chi connectivity index (χ1) is 13.4. The summed E-state index contributed by atoms with van der Waals surface area (Å²) in [4.78, 5) is 12.6. The number of rotatable bonds is 7. The highest BCUT2D eigenvalue weighted by Crippen LogP contribution is 2.29. The van der Waals surface area contributed by atoms with Crippen LogP contribution >= 0.6 is 0 Å². The summed E-state index contributed by atoms with van der Waals surface area (Å²) in [6, 6.07) is 12.3. The Bertz CT molecular complexity index is 939. The monoisotopic (exact) mass is 402 g/mol. The minimum Gasteiger partial charge on any atom is -0.494 e. The molecule has 7 heteroatoms.